The highest BCUT2D eigenvalue weighted by molar-refractivity contribution is 5.76. The lowest BCUT2D eigenvalue weighted by atomic mass is 10.1. The molecule has 84 valence electrons. The van der Waals surface area contributed by atoms with Crippen molar-refractivity contribution in [3.8, 4) is 0 Å². The van der Waals surface area contributed by atoms with E-state index in [0.717, 1.165) is 0 Å². The molecular weight excluding hydrogens is 202 g/mol. The van der Waals surface area contributed by atoms with Crippen molar-refractivity contribution >= 4 is 12.7 Å². The van der Waals surface area contributed by atoms with Gasteiger partial charge in [0.15, 0.2) is 6.17 Å². The van der Waals surface area contributed by atoms with Crippen LogP contribution in [0.5, 0.6) is 0 Å². The van der Waals surface area contributed by atoms with Gasteiger partial charge in [-0.1, -0.05) is 0 Å². The number of aliphatic imine (C=N–C) groups is 2. The molecule has 1 unspecified atom stereocenters. The Bertz CT molecular complexity index is 271. The van der Waals surface area contributed by atoms with Gasteiger partial charge >= 0.3 is 0 Å². The highest BCUT2D eigenvalue weighted by atomic mass is 16.6. The lowest BCUT2D eigenvalue weighted by Crippen LogP contribution is -2.39. The van der Waals surface area contributed by atoms with Gasteiger partial charge in [0.05, 0.1) is 19.3 Å². The van der Waals surface area contributed by atoms with Crippen LogP contribution in [0, 0.1) is 0 Å². The number of rotatable bonds is 2. The number of nitrogens with zero attached hydrogens (tertiary/aromatic N) is 2. The second-order valence-electron chi connectivity index (χ2n) is 3.44. The van der Waals surface area contributed by atoms with Crippen LogP contribution in [-0.2, 0) is 4.74 Å². The summed E-state index contributed by atoms with van der Waals surface area (Å²) in [7, 11) is 0. The predicted octanol–water partition coefficient (Wildman–Crippen LogP) is -2.55. The number of nitrogens with one attached hydrogen (secondary N) is 1. The summed E-state index contributed by atoms with van der Waals surface area (Å²) in [6.07, 6.45) is -1.37. The fourth-order valence-electron chi connectivity index (χ4n) is 1.66. The van der Waals surface area contributed by atoms with Crippen molar-refractivity contribution in [2.24, 2.45) is 9.98 Å². The molecule has 2 rings (SSSR count). The molecule has 2 heterocycles. The van der Waals surface area contributed by atoms with Gasteiger partial charge in [-0.05, 0) is 0 Å². The Morgan fingerprint density at radius 3 is 2.40 bits per heavy atom. The summed E-state index contributed by atoms with van der Waals surface area (Å²) in [4.78, 5) is 7.91. The number of aliphatic hydroxyl groups excluding tert-OH is 3. The first-order valence-electron chi connectivity index (χ1n) is 4.66. The molecule has 2 aliphatic rings. The summed E-state index contributed by atoms with van der Waals surface area (Å²) in [5.41, 5.74) is 0. The van der Waals surface area contributed by atoms with Crippen molar-refractivity contribution in [1.29, 1.82) is 0 Å². The summed E-state index contributed by atoms with van der Waals surface area (Å²) < 4.78 is 5.27. The second kappa shape index (κ2) is 4.23. The quantitative estimate of drug-likeness (QED) is 0.406. The highest BCUT2D eigenvalue weighted by Gasteiger charge is 2.46. The fourth-order valence-corrected chi connectivity index (χ4v) is 1.66. The maximum absolute atomic E-state index is 9.66. The molecule has 4 N–H and O–H groups in total. The van der Waals surface area contributed by atoms with Crippen LogP contribution >= 0.6 is 0 Å². The zero-order valence-corrected chi connectivity index (χ0v) is 7.89. The normalized spacial score (nSPS) is 40.7. The van der Waals surface area contributed by atoms with Gasteiger partial charge in [-0.3, -0.25) is 0 Å². The minimum atomic E-state index is -1.10. The lowest BCUT2D eigenvalue weighted by molar-refractivity contribution is -0.0282. The molecule has 0 spiro atoms. The van der Waals surface area contributed by atoms with E-state index in [0.29, 0.717) is 0 Å². The fraction of sp³-hybridized carbons (Fsp3) is 0.750. The van der Waals surface area contributed by atoms with Gasteiger partial charge in [-0.25, -0.2) is 9.98 Å². The molecule has 0 bridgehead atoms. The summed E-state index contributed by atoms with van der Waals surface area (Å²) >= 11 is 0. The predicted molar refractivity (Wildman–Crippen MR) is 51.7 cm³/mol. The molecular formula is C8H13N3O4. The van der Waals surface area contributed by atoms with Crippen LogP contribution in [0.25, 0.3) is 0 Å². The van der Waals surface area contributed by atoms with Crippen molar-refractivity contribution in [2.75, 3.05) is 6.61 Å². The highest BCUT2D eigenvalue weighted by Crippen LogP contribution is 2.25. The monoisotopic (exact) mass is 215 g/mol. The van der Waals surface area contributed by atoms with Crippen LogP contribution in [0.1, 0.15) is 0 Å². The molecule has 0 saturated carbocycles. The largest absolute Gasteiger partial charge is 0.394 e. The molecule has 0 aromatic carbocycles. The van der Waals surface area contributed by atoms with Gasteiger partial charge in [-0.2, -0.15) is 0 Å². The third-order valence-electron chi connectivity index (χ3n) is 2.48. The van der Waals surface area contributed by atoms with Crippen molar-refractivity contribution < 1.29 is 20.1 Å². The minimum Gasteiger partial charge on any atom is -0.394 e. The van der Waals surface area contributed by atoms with E-state index >= 15 is 0 Å². The number of hydrogen-bond donors (Lipinski definition) is 4. The van der Waals surface area contributed by atoms with Crippen LogP contribution in [0.2, 0.25) is 0 Å². The second-order valence-corrected chi connectivity index (χ2v) is 3.44. The van der Waals surface area contributed by atoms with Crippen molar-refractivity contribution in [1.82, 2.24) is 5.32 Å². The third-order valence-corrected chi connectivity index (χ3v) is 2.48. The lowest BCUT2D eigenvalue weighted by Gasteiger charge is -2.20. The smallest absolute Gasteiger partial charge is 0.171 e. The van der Waals surface area contributed by atoms with E-state index < -0.39 is 30.6 Å². The topological polar surface area (TPSA) is 107 Å². The van der Waals surface area contributed by atoms with Crippen molar-refractivity contribution in [3.05, 3.63) is 0 Å². The van der Waals surface area contributed by atoms with Gasteiger partial charge in [0, 0.05) is 0 Å². The number of hydrogen-bond acceptors (Lipinski definition) is 7. The average Bonchev–Trinajstić information content (AvgIpc) is 2.57. The van der Waals surface area contributed by atoms with Crippen LogP contribution in [0.15, 0.2) is 9.98 Å². The molecule has 0 radical (unpaired) electrons. The first-order valence-corrected chi connectivity index (χ1v) is 4.66. The van der Waals surface area contributed by atoms with Gasteiger partial charge < -0.3 is 25.4 Å². The van der Waals surface area contributed by atoms with Crippen molar-refractivity contribution in [3.63, 3.8) is 0 Å². The van der Waals surface area contributed by atoms with E-state index in [9.17, 15) is 10.2 Å². The Hall–Kier alpha value is -1.02. The van der Waals surface area contributed by atoms with E-state index in [-0.39, 0.29) is 6.61 Å². The molecule has 15 heavy (non-hydrogen) atoms. The molecule has 1 fully saturated rings. The van der Waals surface area contributed by atoms with Crippen molar-refractivity contribution in [2.45, 2.75) is 30.6 Å². The maximum Gasteiger partial charge on any atom is 0.171 e. The zero-order valence-electron chi connectivity index (χ0n) is 7.89. The summed E-state index contributed by atoms with van der Waals surface area (Å²) in [5.74, 6) is 0. The van der Waals surface area contributed by atoms with Crippen LogP contribution in [-0.4, -0.2) is 65.2 Å². The van der Waals surface area contributed by atoms with Gasteiger partial charge in [0.2, 0.25) is 0 Å². The van der Waals surface area contributed by atoms with E-state index in [1.807, 2.05) is 0 Å². The Labute approximate surface area is 86.1 Å². The first-order chi connectivity index (χ1) is 7.24. The van der Waals surface area contributed by atoms with Gasteiger partial charge in [0.25, 0.3) is 0 Å². The van der Waals surface area contributed by atoms with Gasteiger partial charge in [-0.15, -0.1) is 0 Å². The average molecular weight is 215 g/mol. The molecule has 0 aliphatic carbocycles. The number of ether oxygens (including phenoxy) is 1. The van der Waals surface area contributed by atoms with E-state index in [1.165, 1.54) is 12.7 Å². The molecule has 4 atom stereocenters. The zero-order chi connectivity index (χ0) is 10.8. The van der Waals surface area contributed by atoms with Gasteiger partial charge in [0.1, 0.15) is 24.4 Å². The Morgan fingerprint density at radius 2 is 1.87 bits per heavy atom. The molecule has 0 aromatic heterocycles. The van der Waals surface area contributed by atoms with E-state index in [1.54, 1.807) is 0 Å². The number of aliphatic hydroxyl groups is 3. The Morgan fingerprint density at radius 1 is 1.20 bits per heavy atom. The minimum absolute atomic E-state index is 0.340. The standard InChI is InChI=1S/C8H13N3O4/c12-1-4-5(13)6(14)7(15-4)8-10-2-9-3-11-8/h2-8,12-14H,1H2,(H,9,10,11)/t4-,5-,6+,7?/m1/s1. The van der Waals surface area contributed by atoms with Crippen LogP contribution < -0.4 is 5.32 Å². The molecule has 1 saturated heterocycles. The molecule has 2 aliphatic heterocycles. The van der Waals surface area contributed by atoms with E-state index in [2.05, 4.69) is 15.3 Å². The molecule has 0 amide bonds. The first kappa shape index (κ1) is 10.5. The SMILES string of the molecule is OC[C@H]1OC(C2N=CNC=N2)[C@@H](O)[C@@H]1O. The Kier molecular flexibility index (Phi) is 2.96. The summed E-state index contributed by atoms with van der Waals surface area (Å²) in [6, 6.07) is 0. The maximum atomic E-state index is 9.66. The van der Waals surface area contributed by atoms with Crippen LogP contribution in [0.3, 0.4) is 0 Å². The summed E-state index contributed by atoms with van der Waals surface area (Å²) in [6.45, 7) is -0.340. The Balaban J connectivity index is 2.07. The summed E-state index contributed by atoms with van der Waals surface area (Å²) in [5, 5.41) is 30.7. The molecule has 7 heteroatoms. The molecule has 7 nitrogen and oxygen atoms in total. The van der Waals surface area contributed by atoms with E-state index in [4.69, 9.17) is 9.84 Å². The third kappa shape index (κ3) is 1.86. The van der Waals surface area contributed by atoms with Crippen LogP contribution in [0.4, 0.5) is 0 Å². The molecule has 0 aromatic rings.